The van der Waals surface area contributed by atoms with Gasteiger partial charge in [-0.05, 0) is 42.9 Å². The lowest BCUT2D eigenvalue weighted by atomic mass is 9.92. The minimum absolute atomic E-state index is 0.266. The Morgan fingerprint density at radius 3 is 1.23 bits per heavy atom. The average molecular weight is 184 g/mol. The molecule has 0 aliphatic heterocycles. The van der Waals surface area contributed by atoms with Crippen LogP contribution < -0.4 is 0 Å². The third-order valence-electron chi connectivity index (χ3n) is 4.51. The van der Waals surface area contributed by atoms with Crippen molar-refractivity contribution in [3.8, 4) is 0 Å². The van der Waals surface area contributed by atoms with Gasteiger partial charge in [-0.3, -0.25) is 0 Å². The first-order chi connectivity index (χ1) is 6.18. The maximum absolute atomic E-state index is 9.73. The molecular formula is C10H16O3. The quantitative estimate of drug-likeness (QED) is 0.486. The Morgan fingerprint density at radius 1 is 0.615 bits per heavy atom. The second-order valence-corrected chi connectivity index (χ2v) is 4.98. The van der Waals surface area contributed by atoms with Gasteiger partial charge < -0.3 is 15.3 Å². The van der Waals surface area contributed by atoms with Gasteiger partial charge in [0.05, 0.1) is 18.3 Å². The molecule has 0 spiro atoms. The second kappa shape index (κ2) is 2.47. The van der Waals surface area contributed by atoms with Crippen LogP contribution in [0.5, 0.6) is 0 Å². The third kappa shape index (κ3) is 0.901. The van der Waals surface area contributed by atoms with Crippen LogP contribution in [0.1, 0.15) is 19.3 Å². The topological polar surface area (TPSA) is 60.7 Å². The summed E-state index contributed by atoms with van der Waals surface area (Å²) in [4.78, 5) is 0. The molecule has 0 heterocycles. The minimum Gasteiger partial charge on any atom is -0.393 e. The highest BCUT2D eigenvalue weighted by molar-refractivity contribution is 5.08. The molecular weight excluding hydrogens is 168 g/mol. The van der Waals surface area contributed by atoms with Crippen molar-refractivity contribution in [2.75, 3.05) is 0 Å². The normalized spacial score (nSPS) is 64.4. The van der Waals surface area contributed by atoms with Gasteiger partial charge in [-0.15, -0.1) is 0 Å². The first kappa shape index (κ1) is 8.21. The van der Waals surface area contributed by atoms with Crippen molar-refractivity contribution in [1.29, 1.82) is 0 Å². The van der Waals surface area contributed by atoms with E-state index < -0.39 is 0 Å². The summed E-state index contributed by atoms with van der Waals surface area (Å²) in [6.45, 7) is 0. The maximum Gasteiger partial charge on any atom is 0.0576 e. The van der Waals surface area contributed by atoms with Crippen LogP contribution in [0.25, 0.3) is 0 Å². The van der Waals surface area contributed by atoms with Gasteiger partial charge in [-0.1, -0.05) is 0 Å². The highest BCUT2D eigenvalue weighted by atomic mass is 16.3. The van der Waals surface area contributed by atoms with Crippen LogP contribution in [0.4, 0.5) is 0 Å². The monoisotopic (exact) mass is 184 g/mol. The van der Waals surface area contributed by atoms with E-state index >= 15 is 0 Å². The molecule has 6 atom stereocenters. The number of aliphatic hydroxyl groups is 3. The molecule has 3 fully saturated rings. The summed E-state index contributed by atoms with van der Waals surface area (Å²) in [6.07, 6.45) is 1.43. The van der Waals surface area contributed by atoms with Crippen LogP contribution in [-0.2, 0) is 0 Å². The Labute approximate surface area is 77.4 Å². The van der Waals surface area contributed by atoms with E-state index in [1.54, 1.807) is 0 Å². The number of hydrogen-bond donors (Lipinski definition) is 3. The summed E-state index contributed by atoms with van der Waals surface area (Å²) in [5.74, 6) is 1.20. The van der Waals surface area contributed by atoms with Gasteiger partial charge in [0, 0.05) is 0 Å². The molecule has 74 valence electrons. The van der Waals surface area contributed by atoms with Gasteiger partial charge in [-0.25, -0.2) is 0 Å². The van der Waals surface area contributed by atoms with Crippen LogP contribution in [0.3, 0.4) is 0 Å². The van der Waals surface area contributed by atoms with E-state index in [-0.39, 0.29) is 36.1 Å². The first-order valence-electron chi connectivity index (χ1n) is 5.22. The predicted octanol–water partition coefficient (Wildman–Crippen LogP) is -0.255. The fourth-order valence-electron chi connectivity index (χ4n) is 4.03. The highest BCUT2D eigenvalue weighted by Gasteiger charge is 2.59. The Balaban J connectivity index is 1.94. The second-order valence-electron chi connectivity index (χ2n) is 4.98. The molecule has 3 heteroatoms. The molecule has 0 aromatic carbocycles. The summed E-state index contributed by atoms with van der Waals surface area (Å²) in [5.41, 5.74) is 0. The van der Waals surface area contributed by atoms with Crippen LogP contribution in [0.2, 0.25) is 0 Å². The molecule has 0 amide bonds. The van der Waals surface area contributed by atoms with Gasteiger partial charge in [0.1, 0.15) is 0 Å². The van der Waals surface area contributed by atoms with E-state index in [2.05, 4.69) is 0 Å². The van der Waals surface area contributed by atoms with E-state index in [0.29, 0.717) is 5.92 Å². The van der Waals surface area contributed by atoms with Gasteiger partial charge in [0.15, 0.2) is 0 Å². The van der Waals surface area contributed by atoms with Gasteiger partial charge in [0.25, 0.3) is 0 Å². The van der Waals surface area contributed by atoms with Crippen molar-refractivity contribution >= 4 is 0 Å². The minimum atomic E-state index is -0.274. The third-order valence-corrected chi connectivity index (χ3v) is 4.51. The SMILES string of the molecule is O[C@H]1C[C@H]2C3[C@@H]1C[C@H](O)[C@H]3C[C@@H]2O. The molecule has 0 aromatic rings. The number of aliphatic hydroxyl groups excluding tert-OH is 3. The lowest BCUT2D eigenvalue weighted by molar-refractivity contribution is 0.102. The molecule has 0 aromatic heterocycles. The van der Waals surface area contributed by atoms with Crippen LogP contribution in [0, 0.1) is 23.7 Å². The van der Waals surface area contributed by atoms with Crippen LogP contribution >= 0.6 is 0 Å². The van der Waals surface area contributed by atoms with E-state index in [1.165, 1.54) is 0 Å². The molecule has 3 N–H and O–H groups in total. The number of hydrogen-bond acceptors (Lipinski definition) is 3. The molecule has 0 saturated heterocycles. The van der Waals surface area contributed by atoms with E-state index in [4.69, 9.17) is 0 Å². The van der Waals surface area contributed by atoms with Crippen LogP contribution in [-0.4, -0.2) is 33.6 Å². The average Bonchev–Trinajstić information content (AvgIpc) is 2.63. The molecule has 3 saturated carbocycles. The Hall–Kier alpha value is -0.120. The Kier molecular flexibility index (Phi) is 1.56. The molecule has 3 rings (SSSR count). The molecule has 0 bridgehead atoms. The zero-order valence-electron chi connectivity index (χ0n) is 7.50. The molecule has 0 unspecified atom stereocenters. The van der Waals surface area contributed by atoms with Crippen molar-refractivity contribution in [3.63, 3.8) is 0 Å². The van der Waals surface area contributed by atoms with E-state index in [1.807, 2.05) is 0 Å². The molecule has 3 aliphatic rings. The highest BCUT2D eigenvalue weighted by Crippen LogP contribution is 2.58. The van der Waals surface area contributed by atoms with E-state index in [0.717, 1.165) is 19.3 Å². The van der Waals surface area contributed by atoms with Crippen molar-refractivity contribution in [1.82, 2.24) is 0 Å². The summed E-state index contributed by atoms with van der Waals surface area (Å²) in [6, 6.07) is 0. The lowest BCUT2D eigenvalue weighted by Crippen LogP contribution is -2.15. The fraction of sp³-hybridized carbons (Fsp3) is 1.00. The summed E-state index contributed by atoms with van der Waals surface area (Å²) < 4.78 is 0. The van der Waals surface area contributed by atoms with Crippen molar-refractivity contribution in [2.45, 2.75) is 37.6 Å². The molecule has 3 nitrogen and oxygen atoms in total. The molecule has 0 radical (unpaired) electrons. The summed E-state index contributed by atoms with van der Waals surface area (Å²) in [5, 5.41) is 29.2. The number of rotatable bonds is 0. The fourth-order valence-corrected chi connectivity index (χ4v) is 4.03. The Bertz CT molecular complexity index is 192. The molecule has 13 heavy (non-hydrogen) atoms. The predicted molar refractivity (Wildman–Crippen MR) is 45.8 cm³/mol. The zero-order chi connectivity index (χ0) is 9.16. The van der Waals surface area contributed by atoms with Crippen molar-refractivity contribution in [2.24, 2.45) is 23.7 Å². The summed E-state index contributed by atoms with van der Waals surface area (Å²) in [7, 11) is 0. The Morgan fingerprint density at radius 2 is 0.923 bits per heavy atom. The lowest BCUT2D eigenvalue weighted by Gasteiger charge is -2.14. The van der Waals surface area contributed by atoms with Gasteiger partial charge in [-0.2, -0.15) is 0 Å². The smallest absolute Gasteiger partial charge is 0.0576 e. The van der Waals surface area contributed by atoms with E-state index in [9.17, 15) is 15.3 Å². The standard InChI is InChI=1S/C10H16O3/c11-7-1-4-8(12)3-6-9(13)2-5(7)10(4)6/h4-13H,1-3H2/t4-,5-,6-,7+,8+,9+,10?/m1/s1. The zero-order valence-corrected chi connectivity index (χ0v) is 7.50. The summed E-state index contributed by atoms with van der Waals surface area (Å²) >= 11 is 0. The largest absolute Gasteiger partial charge is 0.393 e. The first-order valence-corrected chi connectivity index (χ1v) is 5.22. The van der Waals surface area contributed by atoms with Gasteiger partial charge >= 0.3 is 0 Å². The molecule has 3 aliphatic carbocycles. The van der Waals surface area contributed by atoms with Crippen molar-refractivity contribution in [3.05, 3.63) is 0 Å². The van der Waals surface area contributed by atoms with Gasteiger partial charge in [0.2, 0.25) is 0 Å². The van der Waals surface area contributed by atoms with Crippen LogP contribution in [0.15, 0.2) is 0 Å². The maximum atomic E-state index is 9.73. The van der Waals surface area contributed by atoms with Crippen molar-refractivity contribution < 1.29 is 15.3 Å².